The van der Waals surface area contributed by atoms with E-state index in [2.05, 4.69) is 19.1 Å². The van der Waals surface area contributed by atoms with Crippen LogP contribution in [-0.2, 0) is 22.4 Å². The molecule has 1 fully saturated rings. The monoisotopic (exact) mass is 421 g/mol. The first-order valence-electron chi connectivity index (χ1n) is 11.0. The first-order valence-corrected chi connectivity index (χ1v) is 11.8. The highest BCUT2D eigenvalue weighted by molar-refractivity contribution is 7.17. The molecule has 156 valence electrons. The number of rotatable bonds is 3. The number of fused-ring (bicyclic) bond motifs is 3. The van der Waals surface area contributed by atoms with Crippen LogP contribution in [0.25, 0.3) is 0 Å². The lowest BCUT2D eigenvalue weighted by molar-refractivity contribution is -0.130. The van der Waals surface area contributed by atoms with Crippen LogP contribution < -0.4 is 4.90 Å². The Morgan fingerprint density at radius 2 is 1.87 bits per heavy atom. The number of carbonyl (C=O) groups is 2. The van der Waals surface area contributed by atoms with Crippen LogP contribution in [0.1, 0.15) is 52.8 Å². The molecule has 0 radical (unpaired) electrons. The van der Waals surface area contributed by atoms with E-state index < -0.39 is 0 Å². The van der Waals surface area contributed by atoms with Gasteiger partial charge in [0.25, 0.3) is 0 Å². The summed E-state index contributed by atoms with van der Waals surface area (Å²) in [6.45, 7) is 3.92. The second-order valence-corrected chi connectivity index (χ2v) is 9.52. The van der Waals surface area contributed by atoms with Gasteiger partial charge >= 0.3 is 0 Å². The molecule has 0 atom stereocenters. The molecular weight excluding hydrogens is 394 g/mol. The molecule has 1 aliphatic carbocycles. The Kier molecular flexibility index (Phi) is 5.19. The minimum atomic E-state index is -0.0778. The van der Waals surface area contributed by atoms with Crippen LogP contribution in [0, 0.1) is 6.92 Å². The molecule has 30 heavy (non-hydrogen) atoms. The first-order chi connectivity index (χ1) is 14.6. The van der Waals surface area contributed by atoms with Gasteiger partial charge in [0.05, 0.1) is 5.71 Å². The molecule has 1 aromatic carbocycles. The number of aliphatic imine (C=N–C) groups is 1. The zero-order valence-electron chi connectivity index (χ0n) is 17.4. The van der Waals surface area contributed by atoms with E-state index in [4.69, 9.17) is 4.99 Å². The van der Waals surface area contributed by atoms with Gasteiger partial charge in [-0.05, 0) is 56.6 Å². The summed E-state index contributed by atoms with van der Waals surface area (Å²) in [4.78, 5) is 35.9. The Bertz CT molecular complexity index is 1030. The van der Waals surface area contributed by atoms with Crippen molar-refractivity contribution in [2.24, 2.45) is 4.99 Å². The number of benzene rings is 1. The molecule has 0 N–H and O–H groups in total. The van der Waals surface area contributed by atoms with Crippen molar-refractivity contribution >= 4 is 33.9 Å². The highest BCUT2D eigenvalue weighted by Crippen LogP contribution is 2.43. The summed E-state index contributed by atoms with van der Waals surface area (Å²) >= 11 is 1.71. The second-order valence-electron chi connectivity index (χ2n) is 8.44. The van der Waals surface area contributed by atoms with Crippen molar-refractivity contribution in [3.05, 3.63) is 51.4 Å². The van der Waals surface area contributed by atoms with Gasteiger partial charge in [0.15, 0.2) is 0 Å². The number of likely N-dealkylation sites (tertiary alicyclic amines) is 1. The summed E-state index contributed by atoms with van der Waals surface area (Å²) in [6.07, 6.45) is 6.53. The molecule has 2 aliphatic heterocycles. The quantitative estimate of drug-likeness (QED) is 0.758. The first kappa shape index (κ1) is 19.5. The molecule has 1 aromatic heterocycles. The summed E-state index contributed by atoms with van der Waals surface area (Å²) in [6, 6.07) is 8.26. The average Bonchev–Trinajstić information content (AvgIpc) is 3.39. The number of thiophene rings is 1. The van der Waals surface area contributed by atoms with Crippen molar-refractivity contribution in [1.82, 2.24) is 4.90 Å². The Balaban J connectivity index is 1.61. The largest absolute Gasteiger partial charge is 0.341 e. The van der Waals surface area contributed by atoms with E-state index in [9.17, 15) is 9.59 Å². The molecule has 2 amide bonds. The number of anilines is 1. The molecule has 3 heterocycles. The topological polar surface area (TPSA) is 53.0 Å². The number of hydrogen-bond donors (Lipinski definition) is 0. The van der Waals surface area contributed by atoms with Gasteiger partial charge in [-0.2, -0.15) is 0 Å². The predicted molar refractivity (Wildman–Crippen MR) is 121 cm³/mol. The maximum absolute atomic E-state index is 13.2. The Labute approximate surface area is 181 Å². The van der Waals surface area contributed by atoms with Crippen LogP contribution >= 0.6 is 11.3 Å². The van der Waals surface area contributed by atoms with Crippen molar-refractivity contribution < 1.29 is 9.59 Å². The SMILES string of the molecule is Cc1ccccc1C1=NCC(=O)N(CC(=O)N2CCCC2)c2sc3c(c21)CCCC3. The van der Waals surface area contributed by atoms with Crippen molar-refractivity contribution in [3.63, 3.8) is 0 Å². The molecule has 2 aromatic rings. The molecule has 0 saturated carbocycles. The molecule has 3 aliphatic rings. The van der Waals surface area contributed by atoms with E-state index >= 15 is 0 Å². The van der Waals surface area contributed by atoms with E-state index in [1.54, 1.807) is 16.2 Å². The average molecular weight is 422 g/mol. The Morgan fingerprint density at radius 1 is 1.10 bits per heavy atom. The van der Waals surface area contributed by atoms with Crippen LogP contribution in [-0.4, -0.2) is 48.6 Å². The standard InChI is InChI=1S/C24H27N3O2S/c1-16-8-2-3-9-17(16)23-22-18-10-4-5-11-19(18)30-24(22)27(20(28)14-25-23)15-21(29)26-12-6-7-13-26/h2-3,8-9H,4-7,10-15H2,1H3. The molecular formula is C24H27N3O2S. The fraction of sp³-hybridized carbons (Fsp3) is 0.458. The fourth-order valence-corrected chi connectivity index (χ4v) is 6.24. The number of hydrogen-bond acceptors (Lipinski definition) is 4. The molecule has 0 unspecified atom stereocenters. The number of carbonyl (C=O) groups excluding carboxylic acids is 2. The number of amides is 2. The molecule has 0 spiro atoms. The molecule has 1 saturated heterocycles. The smallest absolute Gasteiger partial charge is 0.249 e. The van der Waals surface area contributed by atoms with Crippen LogP contribution in [0.15, 0.2) is 29.3 Å². The van der Waals surface area contributed by atoms with Crippen molar-refractivity contribution in [2.75, 3.05) is 31.1 Å². The maximum atomic E-state index is 13.2. The van der Waals surface area contributed by atoms with Crippen LogP contribution in [0.2, 0.25) is 0 Å². The second kappa shape index (κ2) is 7.99. The van der Waals surface area contributed by atoms with Crippen molar-refractivity contribution in [2.45, 2.75) is 45.4 Å². The van der Waals surface area contributed by atoms with Crippen molar-refractivity contribution in [3.8, 4) is 0 Å². The van der Waals surface area contributed by atoms with Gasteiger partial charge < -0.3 is 4.90 Å². The van der Waals surface area contributed by atoms with E-state index in [-0.39, 0.29) is 24.9 Å². The third-order valence-electron chi connectivity index (χ3n) is 6.46. The molecule has 6 heteroatoms. The lowest BCUT2D eigenvalue weighted by Gasteiger charge is -2.23. The Morgan fingerprint density at radius 3 is 2.67 bits per heavy atom. The van der Waals surface area contributed by atoms with Gasteiger partial charge in [-0.15, -0.1) is 11.3 Å². The highest BCUT2D eigenvalue weighted by atomic mass is 32.1. The van der Waals surface area contributed by atoms with Gasteiger partial charge in [-0.1, -0.05) is 24.3 Å². The third-order valence-corrected chi connectivity index (χ3v) is 7.78. The van der Waals surface area contributed by atoms with Gasteiger partial charge in [-0.25, -0.2) is 0 Å². The third kappa shape index (κ3) is 3.37. The fourth-order valence-electron chi connectivity index (χ4n) is 4.83. The molecule has 5 nitrogen and oxygen atoms in total. The maximum Gasteiger partial charge on any atom is 0.249 e. The van der Waals surface area contributed by atoms with E-state index in [0.717, 1.165) is 72.6 Å². The summed E-state index contributed by atoms with van der Waals surface area (Å²) in [5, 5.41) is 0.930. The van der Waals surface area contributed by atoms with Crippen LogP contribution in [0.5, 0.6) is 0 Å². The summed E-state index contributed by atoms with van der Waals surface area (Å²) in [5.74, 6) is -0.0245. The highest BCUT2D eigenvalue weighted by Gasteiger charge is 2.34. The van der Waals surface area contributed by atoms with Gasteiger partial charge in [0.2, 0.25) is 11.8 Å². The lowest BCUT2D eigenvalue weighted by atomic mass is 9.90. The number of aryl methyl sites for hydroxylation is 2. The lowest BCUT2D eigenvalue weighted by Crippen LogP contribution is -2.42. The Hall–Kier alpha value is -2.47. The van der Waals surface area contributed by atoms with Gasteiger partial charge in [-0.3, -0.25) is 19.5 Å². The van der Waals surface area contributed by atoms with E-state index in [1.807, 2.05) is 17.0 Å². The molecule has 0 bridgehead atoms. The predicted octanol–water partition coefficient (Wildman–Crippen LogP) is 3.74. The van der Waals surface area contributed by atoms with Gasteiger partial charge in [0.1, 0.15) is 18.1 Å². The van der Waals surface area contributed by atoms with E-state index in [1.165, 1.54) is 16.9 Å². The van der Waals surface area contributed by atoms with E-state index in [0.29, 0.717) is 0 Å². The van der Waals surface area contributed by atoms with Crippen LogP contribution in [0.4, 0.5) is 5.00 Å². The van der Waals surface area contributed by atoms with Crippen molar-refractivity contribution in [1.29, 1.82) is 0 Å². The summed E-state index contributed by atoms with van der Waals surface area (Å²) < 4.78 is 0. The summed E-state index contributed by atoms with van der Waals surface area (Å²) in [7, 11) is 0. The normalized spacial score (nSPS) is 18.7. The minimum absolute atomic E-state index is 0.0533. The minimum Gasteiger partial charge on any atom is -0.341 e. The summed E-state index contributed by atoms with van der Waals surface area (Å²) in [5.41, 5.74) is 5.62. The zero-order valence-corrected chi connectivity index (χ0v) is 18.3. The number of nitrogens with zero attached hydrogens (tertiary/aromatic N) is 3. The zero-order chi connectivity index (χ0) is 20.7. The molecule has 5 rings (SSSR count). The van der Waals surface area contributed by atoms with Crippen LogP contribution in [0.3, 0.4) is 0 Å². The van der Waals surface area contributed by atoms with Gasteiger partial charge in [0, 0.05) is 29.1 Å².